The van der Waals surface area contributed by atoms with E-state index < -0.39 is 6.09 Å². The van der Waals surface area contributed by atoms with Crippen molar-refractivity contribution in [3.05, 3.63) is 101 Å². The lowest BCUT2D eigenvalue weighted by Gasteiger charge is -2.26. The Kier molecular flexibility index (Phi) is 11.0. The van der Waals surface area contributed by atoms with Crippen LogP contribution in [-0.2, 0) is 6.42 Å². The minimum atomic E-state index is -0.422. The van der Waals surface area contributed by atoms with E-state index in [1.165, 1.54) is 49.1 Å². The van der Waals surface area contributed by atoms with E-state index in [2.05, 4.69) is 71.7 Å². The summed E-state index contributed by atoms with van der Waals surface area (Å²) in [6.07, 6.45) is 6.19. The van der Waals surface area contributed by atoms with E-state index in [1.807, 2.05) is 31.2 Å². The molecule has 5 nitrogen and oxygen atoms in total. The van der Waals surface area contributed by atoms with Crippen LogP contribution in [0.1, 0.15) is 62.6 Å². The van der Waals surface area contributed by atoms with E-state index in [9.17, 15) is 4.79 Å². The van der Waals surface area contributed by atoms with E-state index in [1.54, 1.807) is 0 Å². The fourth-order valence-electron chi connectivity index (χ4n) is 5.06. The monoisotopic (exact) mass is 526 g/mol. The second-order valence-corrected chi connectivity index (χ2v) is 10.1. The molecule has 39 heavy (non-hydrogen) atoms. The van der Waals surface area contributed by atoms with Gasteiger partial charge in [0.05, 0.1) is 0 Å². The average Bonchev–Trinajstić information content (AvgIpc) is 2.98. The second kappa shape index (κ2) is 15.1. The molecule has 1 heterocycles. The molecule has 1 aliphatic rings. The number of likely N-dealkylation sites (tertiary alicyclic amines) is 1. The molecule has 0 spiro atoms. The summed E-state index contributed by atoms with van der Waals surface area (Å²) in [5, 5.41) is 2.75. The smallest absolute Gasteiger partial charge is 0.412 e. The van der Waals surface area contributed by atoms with Gasteiger partial charge in [0, 0.05) is 13.1 Å². The normalized spacial score (nSPS) is 14.4. The van der Waals surface area contributed by atoms with Crippen LogP contribution in [0.5, 0.6) is 11.5 Å². The van der Waals surface area contributed by atoms with Crippen LogP contribution in [0.4, 0.5) is 4.79 Å². The number of piperidine rings is 1. The van der Waals surface area contributed by atoms with Crippen LogP contribution >= 0.6 is 0 Å². The molecule has 1 fully saturated rings. The molecule has 0 unspecified atom stereocenters. The zero-order chi connectivity index (χ0) is 27.3. The second-order valence-electron chi connectivity index (χ2n) is 10.1. The van der Waals surface area contributed by atoms with Gasteiger partial charge in [-0.25, -0.2) is 4.79 Å². The van der Waals surface area contributed by atoms with Gasteiger partial charge in [0.15, 0.2) is 0 Å². The van der Waals surface area contributed by atoms with Gasteiger partial charge in [-0.15, -0.1) is 0 Å². The van der Waals surface area contributed by atoms with Crippen molar-refractivity contribution < 1.29 is 14.3 Å². The molecule has 3 aromatic carbocycles. The van der Waals surface area contributed by atoms with Gasteiger partial charge in [-0.3, -0.25) is 4.90 Å². The fourth-order valence-corrected chi connectivity index (χ4v) is 5.06. The Morgan fingerprint density at radius 1 is 0.821 bits per heavy atom. The Morgan fingerprint density at radius 2 is 1.46 bits per heavy atom. The molecule has 1 N–H and O–H groups in total. The van der Waals surface area contributed by atoms with Crippen molar-refractivity contribution in [3.63, 3.8) is 0 Å². The summed E-state index contributed by atoms with van der Waals surface area (Å²) in [5.74, 6) is 1.43. The van der Waals surface area contributed by atoms with Crippen LogP contribution < -0.4 is 14.8 Å². The minimum Gasteiger partial charge on any atom is -0.492 e. The number of hydrogen-bond donors (Lipinski definition) is 1. The van der Waals surface area contributed by atoms with E-state index >= 15 is 0 Å². The molecule has 4 rings (SSSR count). The van der Waals surface area contributed by atoms with Crippen LogP contribution in [0.2, 0.25) is 0 Å². The summed E-state index contributed by atoms with van der Waals surface area (Å²) in [6, 6.07) is 26.9. The maximum Gasteiger partial charge on any atom is 0.412 e. The highest BCUT2D eigenvalue weighted by Gasteiger charge is 2.14. The number of nitrogens with zero attached hydrogens (tertiary/aromatic N) is 1. The molecule has 0 aliphatic carbocycles. The van der Waals surface area contributed by atoms with Crippen molar-refractivity contribution >= 4 is 11.7 Å². The van der Waals surface area contributed by atoms with Gasteiger partial charge in [-0.05, 0) is 91.7 Å². The number of carbonyl (C=O) groups excluding carboxylic acids is 1. The van der Waals surface area contributed by atoms with Gasteiger partial charge in [0.1, 0.15) is 18.1 Å². The molecular formula is C34H42N2O3. The molecule has 3 aromatic rings. The molecule has 0 saturated carbocycles. The zero-order valence-corrected chi connectivity index (χ0v) is 23.5. The highest BCUT2D eigenvalue weighted by atomic mass is 16.6. The van der Waals surface area contributed by atoms with Crippen LogP contribution in [0.15, 0.2) is 84.4 Å². The first-order chi connectivity index (χ1) is 19.2. The number of allylic oxidation sites excluding steroid dienone is 1. The molecule has 0 bridgehead atoms. The Morgan fingerprint density at radius 3 is 2.08 bits per heavy atom. The first-order valence-corrected chi connectivity index (χ1v) is 14.4. The summed E-state index contributed by atoms with van der Waals surface area (Å²) in [5.41, 5.74) is 6.11. The van der Waals surface area contributed by atoms with Crippen molar-refractivity contribution in [1.29, 1.82) is 0 Å². The number of ether oxygens (including phenoxy) is 2. The van der Waals surface area contributed by atoms with Crippen LogP contribution in [0.3, 0.4) is 0 Å². The maximum atomic E-state index is 12.0. The van der Waals surface area contributed by atoms with Crippen molar-refractivity contribution in [2.75, 3.05) is 32.8 Å². The molecular weight excluding hydrogens is 484 g/mol. The number of hydrogen-bond acceptors (Lipinski definition) is 4. The largest absolute Gasteiger partial charge is 0.492 e. The van der Waals surface area contributed by atoms with Crippen molar-refractivity contribution in [1.82, 2.24) is 10.2 Å². The molecule has 1 saturated heterocycles. The third-order valence-corrected chi connectivity index (χ3v) is 7.18. The molecule has 1 aliphatic heterocycles. The number of carbonyl (C=O) groups is 1. The number of rotatable bonds is 12. The predicted octanol–water partition coefficient (Wildman–Crippen LogP) is 7.50. The minimum absolute atomic E-state index is 0.422. The van der Waals surface area contributed by atoms with Crippen LogP contribution in [0.25, 0.3) is 5.57 Å². The zero-order valence-electron chi connectivity index (χ0n) is 23.5. The Balaban J connectivity index is 1.54. The summed E-state index contributed by atoms with van der Waals surface area (Å²) in [4.78, 5) is 14.5. The highest BCUT2D eigenvalue weighted by molar-refractivity contribution is 5.83. The first kappa shape index (κ1) is 28.4. The lowest BCUT2D eigenvalue weighted by Crippen LogP contribution is -2.33. The predicted molar refractivity (Wildman–Crippen MR) is 159 cm³/mol. The van der Waals surface area contributed by atoms with E-state index in [4.69, 9.17) is 9.47 Å². The van der Waals surface area contributed by atoms with Gasteiger partial charge in [-0.1, -0.05) is 80.4 Å². The Bertz CT molecular complexity index is 1180. The molecule has 0 radical (unpaired) electrons. The van der Waals surface area contributed by atoms with Gasteiger partial charge in [0.25, 0.3) is 0 Å². The van der Waals surface area contributed by atoms with E-state index in [0.29, 0.717) is 18.9 Å². The van der Waals surface area contributed by atoms with E-state index in [-0.39, 0.29) is 0 Å². The molecule has 206 valence electrons. The molecule has 0 aromatic heterocycles. The molecule has 5 heteroatoms. The SMILES string of the molecule is CCCNC(=O)Oc1ccc(/C(=C(/CC)Cc2ccccc2)c2ccc(OCCN3CCCCC3)cc2)cc1. The Hall–Kier alpha value is -3.57. The lowest BCUT2D eigenvalue weighted by atomic mass is 9.88. The summed E-state index contributed by atoms with van der Waals surface area (Å²) in [7, 11) is 0. The summed E-state index contributed by atoms with van der Waals surface area (Å²) < 4.78 is 11.6. The average molecular weight is 527 g/mol. The summed E-state index contributed by atoms with van der Waals surface area (Å²) in [6.45, 7) is 8.89. The first-order valence-electron chi connectivity index (χ1n) is 14.4. The molecule has 0 atom stereocenters. The van der Waals surface area contributed by atoms with Gasteiger partial charge in [-0.2, -0.15) is 0 Å². The third kappa shape index (κ3) is 8.72. The van der Waals surface area contributed by atoms with E-state index in [0.717, 1.165) is 42.7 Å². The lowest BCUT2D eigenvalue weighted by molar-refractivity contribution is 0.183. The van der Waals surface area contributed by atoms with Gasteiger partial charge in [0.2, 0.25) is 0 Å². The van der Waals surface area contributed by atoms with Gasteiger partial charge < -0.3 is 14.8 Å². The number of benzene rings is 3. The maximum absolute atomic E-state index is 12.0. The van der Waals surface area contributed by atoms with Crippen LogP contribution in [0, 0.1) is 0 Å². The topological polar surface area (TPSA) is 50.8 Å². The fraction of sp³-hybridized carbons (Fsp3) is 0.382. The Labute approximate surface area is 233 Å². The van der Waals surface area contributed by atoms with Crippen molar-refractivity contribution in [3.8, 4) is 11.5 Å². The van der Waals surface area contributed by atoms with Crippen molar-refractivity contribution in [2.45, 2.75) is 52.4 Å². The highest BCUT2D eigenvalue weighted by Crippen LogP contribution is 2.32. The number of nitrogens with one attached hydrogen (secondary N) is 1. The summed E-state index contributed by atoms with van der Waals surface area (Å²) >= 11 is 0. The number of amides is 1. The third-order valence-electron chi connectivity index (χ3n) is 7.18. The molecule has 1 amide bonds. The van der Waals surface area contributed by atoms with Crippen LogP contribution in [-0.4, -0.2) is 43.8 Å². The standard InChI is InChI=1S/C34H42N2O3/c1-3-21-35-34(37)39-32-19-15-30(16-20-32)33(28(4-2)26-27-11-7-5-8-12-27)29-13-17-31(18-14-29)38-25-24-36-22-9-6-10-23-36/h5,7-8,11-20H,3-4,6,9-10,21-26H2,1-2H3,(H,35,37)/b33-28-. The van der Waals surface area contributed by atoms with Crippen molar-refractivity contribution in [2.24, 2.45) is 0 Å². The quantitative estimate of drug-likeness (QED) is 0.265. The van der Waals surface area contributed by atoms with Gasteiger partial charge >= 0.3 is 6.09 Å².